The van der Waals surface area contributed by atoms with Gasteiger partial charge in [-0.25, -0.2) is 0 Å². The van der Waals surface area contributed by atoms with Gasteiger partial charge in [0.1, 0.15) is 24.0 Å². The summed E-state index contributed by atoms with van der Waals surface area (Å²) in [6.07, 6.45) is 1.50. The van der Waals surface area contributed by atoms with Crippen molar-refractivity contribution in [2.75, 3.05) is 19.0 Å². The van der Waals surface area contributed by atoms with E-state index in [-0.39, 0.29) is 5.57 Å². The van der Waals surface area contributed by atoms with Gasteiger partial charge < -0.3 is 19.5 Å². The Bertz CT molecular complexity index is 1250. The first-order valence-electron chi connectivity index (χ1n) is 10.7. The van der Waals surface area contributed by atoms with E-state index < -0.39 is 5.91 Å². The monoisotopic (exact) mass is 520 g/mol. The zero-order chi connectivity index (χ0) is 24.5. The SMILES string of the molecule is CCOc1cccc(NC(=O)/C(C#N)=C\c2cc(OC)c(OCc3cccc(C)c3)cc2Br)c1. The fraction of sp³-hybridized carbons (Fsp3) is 0.185. The Labute approximate surface area is 207 Å². The first-order valence-corrected chi connectivity index (χ1v) is 11.4. The largest absolute Gasteiger partial charge is 0.494 e. The van der Waals surface area contributed by atoms with E-state index in [1.54, 1.807) is 43.5 Å². The number of rotatable bonds is 9. The predicted molar refractivity (Wildman–Crippen MR) is 136 cm³/mol. The summed E-state index contributed by atoms with van der Waals surface area (Å²) in [5, 5.41) is 12.3. The highest BCUT2D eigenvalue weighted by atomic mass is 79.9. The summed E-state index contributed by atoms with van der Waals surface area (Å²) in [6, 6.07) is 20.5. The fourth-order valence-corrected chi connectivity index (χ4v) is 3.67. The molecule has 0 fully saturated rings. The van der Waals surface area contributed by atoms with Crippen LogP contribution in [-0.2, 0) is 11.4 Å². The fourth-order valence-electron chi connectivity index (χ4n) is 3.23. The highest BCUT2D eigenvalue weighted by molar-refractivity contribution is 9.10. The lowest BCUT2D eigenvalue weighted by Gasteiger charge is -2.13. The summed E-state index contributed by atoms with van der Waals surface area (Å²) in [5.41, 5.74) is 3.28. The molecule has 1 N–H and O–H groups in total. The molecule has 3 aromatic rings. The molecule has 34 heavy (non-hydrogen) atoms. The molecule has 0 saturated carbocycles. The van der Waals surface area contributed by atoms with Crippen molar-refractivity contribution in [1.29, 1.82) is 5.26 Å². The van der Waals surface area contributed by atoms with Crippen LogP contribution in [0.4, 0.5) is 5.69 Å². The molecule has 0 aliphatic rings. The predicted octanol–water partition coefficient (Wildman–Crippen LogP) is 6.29. The number of aryl methyl sites for hydroxylation is 1. The van der Waals surface area contributed by atoms with Gasteiger partial charge in [0.15, 0.2) is 11.5 Å². The number of nitriles is 1. The standard InChI is InChI=1S/C27H25BrN2O4/c1-4-33-23-10-6-9-22(14-23)30-27(31)21(16-29)12-20-13-25(32-3)26(15-24(20)28)34-17-19-8-5-7-18(2)11-19/h5-15H,4,17H2,1-3H3,(H,30,31)/b21-12-. The molecule has 174 valence electrons. The number of amides is 1. The molecular weight excluding hydrogens is 496 g/mol. The highest BCUT2D eigenvalue weighted by Crippen LogP contribution is 2.35. The molecule has 1 amide bonds. The molecule has 0 saturated heterocycles. The number of anilines is 1. The lowest BCUT2D eigenvalue weighted by molar-refractivity contribution is -0.112. The molecule has 0 aliphatic heterocycles. The number of carbonyl (C=O) groups is 1. The average Bonchev–Trinajstić information content (AvgIpc) is 2.82. The molecule has 0 heterocycles. The van der Waals surface area contributed by atoms with Gasteiger partial charge in [0.25, 0.3) is 5.91 Å². The first kappa shape index (κ1) is 24.9. The van der Waals surface area contributed by atoms with Crippen molar-refractivity contribution in [2.24, 2.45) is 0 Å². The van der Waals surface area contributed by atoms with Crippen LogP contribution in [-0.4, -0.2) is 19.6 Å². The van der Waals surface area contributed by atoms with Crippen LogP contribution in [0.2, 0.25) is 0 Å². The minimum atomic E-state index is -0.526. The van der Waals surface area contributed by atoms with E-state index in [0.717, 1.165) is 11.1 Å². The third kappa shape index (κ3) is 6.63. The number of methoxy groups -OCH3 is 1. The Hall–Kier alpha value is -3.76. The number of nitrogens with one attached hydrogen (secondary N) is 1. The molecular formula is C27H25BrN2O4. The quantitative estimate of drug-likeness (QED) is 0.265. The van der Waals surface area contributed by atoms with Crippen molar-refractivity contribution in [2.45, 2.75) is 20.5 Å². The topological polar surface area (TPSA) is 80.6 Å². The first-order chi connectivity index (χ1) is 16.4. The Morgan fingerprint density at radius 1 is 1.09 bits per heavy atom. The number of ether oxygens (including phenoxy) is 3. The molecule has 0 spiro atoms. The van der Waals surface area contributed by atoms with Crippen molar-refractivity contribution < 1.29 is 19.0 Å². The molecule has 0 aromatic heterocycles. The lowest BCUT2D eigenvalue weighted by Crippen LogP contribution is -2.13. The maximum absolute atomic E-state index is 12.7. The van der Waals surface area contributed by atoms with Crippen molar-refractivity contribution >= 4 is 33.6 Å². The molecule has 0 radical (unpaired) electrons. The second-order valence-corrected chi connectivity index (χ2v) is 8.24. The summed E-state index contributed by atoms with van der Waals surface area (Å²) < 4.78 is 17.6. The highest BCUT2D eigenvalue weighted by Gasteiger charge is 2.14. The van der Waals surface area contributed by atoms with E-state index in [0.29, 0.717) is 46.2 Å². The number of nitrogens with zero attached hydrogens (tertiary/aromatic N) is 1. The van der Waals surface area contributed by atoms with E-state index in [1.807, 2.05) is 38.1 Å². The minimum absolute atomic E-state index is 0.0574. The van der Waals surface area contributed by atoms with E-state index in [1.165, 1.54) is 6.08 Å². The van der Waals surface area contributed by atoms with Crippen molar-refractivity contribution in [3.63, 3.8) is 0 Å². The van der Waals surface area contributed by atoms with Crippen LogP contribution in [0.25, 0.3) is 6.08 Å². The van der Waals surface area contributed by atoms with Gasteiger partial charge in [0, 0.05) is 16.2 Å². The summed E-state index contributed by atoms with van der Waals surface area (Å²) in [4.78, 5) is 12.7. The average molecular weight is 521 g/mol. The Morgan fingerprint density at radius 2 is 1.88 bits per heavy atom. The van der Waals surface area contributed by atoms with Gasteiger partial charge in [-0.2, -0.15) is 5.26 Å². The molecule has 3 rings (SSSR count). The van der Waals surface area contributed by atoms with Gasteiger partial charge >= 0.3 is 0 Å². The molecule has 0 bridgehead atoms. The van der Waals surface area contributed by atoms with E-state index in [9.17, 15) is 10.1 Å². The second-order valence-electron chi connectivity index (χ2n) is 7.39. The summed E-state index contributed by atoms with van der Waals surface area (Å²) in [6.45, 7) is 4.81. The van der Waals surface area contributed by atoms with E-state index in [2.05, 4.69) is 27.3 Å². The number of carbonyl (C=O) groups excluding carboxylic acids is 1. The van der Waals surface area contributed by atoms with Crippen molar-refractivity contribution in [3.05, 3.63) is 87.4 Å². The molecule has 7 heteroatoms. The lowest BCUT2D eigenvalue weighted by atomic mass is 10.1. The normalized spacial score (nSPS) is 10.9. The zero-order valence-corrected chi connectivity index (χ0v) is 20.8. The van der Waals surface area contributed by atoms with E-state index >= 15 is 0 Å². The van der Waals surface area contributed by atoms with Gasteiger partial charge in [0.05, 0.1) is 13.7 Å². The third-order valence-electron chi connectivity index (χ3n) is 4.83. The van der Waals surface area contributed by atoms with Gasteiger partial charge in [-0.1, -0.05) is 51.8 Å². The van der Waals surface area contributed by atoms with Crippen LogP contribution in [0.1, 0.15) is 23.6 Å². The minimum Gasteiger partial charge on any atom is -0.494 e. The van der Waals surface area contributed by atoms with Crippen LogP contribution in [0.5, 0.6) is 17.2 Å². The Morgan fingerprint density at radius 3 is 2.59 bits per heavy atom. The number of benzene rings is 3. The van der Waals surface area contributed by atoms with Gasteiger partial charge in [-0.15, -0.1) is 0 Å². The summed E-state index contributed by atoms with van der Waals surface area (Å²) >= 11 is 3.51. The molecule has 6 nitrogen and oxygen atoms in total. The molecule has 0 unspecified atom stereocenters. The van der Waals surface area contributed by atoms with Crippen LogP contribution in [0.3, 0.4) is 0 Å². The van der Waals surface area contributed by atoms with Gasteiger partial charge in [-0.05, 0) is 55.3 Å². The smallest absolute Gasteiger partial charge is 0.266 e. The van der Waals surface area contributed by atoms with Gasteiger partial charge in [-0.3, -0.25) is 4.79 Å². The number of halogens is 1. The van der Waals surface area contributed by atoms with Crippen LogP contribution < -0.4 is 19.5 Å². The second kappa shape index (κ2) is 11.9. The maximum Gasteiger partial charge on any atom is 0.266 e. The van der Waals surface area contributed by atoms with Crippen LogP contribution >= 0.6 is 15.9 Å². The van der Waals surface area contributed by atoms with Crippen molar-refractivity contribution in [1.82, 2.24) is 0 Å². The molecule has 0 aliphatic carbocycles. The Kier molecular flexibility index (Phi) is 8.72. The maximum atomic E-state index is 12.7. The zero-order valence-electron chi connectivity index (χ0n) is 19.2. The number of hydrogen-bond acceptors (Lipinski definition) is 5. The molecule has 0 atom stereocenters. The van der Waals surface area contributed by atoms with Crippen LogP contribution in [0, 0.1) is 18.3 Å². The van der Waals surface area contributed by atoms with E-state index in [4.69, 9.17) is 14.2 Å². The Balaban J connectivity index is 1.80. The van der Waals surface area contributed by atoms with Crippen LogP contribution in [0.15, 0.2) is 70.7 Å². The summed E-state index contributed by atoms with van der Waals surface area (Å²) in [7, 11) is 1.54. The van der Waals surface area contributed by atoms with Crippen molar-refractivity contribution in [3.8, 4) is 23.3 Å². The van der Waals surface area contributed by atoms with Gasteiger partial charge in [0.2, 0.25) is 0 Å². The number of hydrogen-bond donors (Lipinski definition) is 1. The third-order valence-corrected chi connectivity index (χ3v) is 5.51. The molecule has 3 aromatic carbocycles. The summed E-state index contributed by atoms with van der Waals surface area (Å²) in [5.74, 6) is 1.14.